The van der Waals surface area contributed by atoms with Crippen molar-refractivity contribution in [2.45, 2.75) is 52.1 Å². The van der Waals surface area contributed by atoms with Gasteiger partial charge in [-0.1, -0.05) is 12.1 Å². The molecule has 0 bridgehead atoms. The van der Waals surface area contributed by atoms with Gasteiger partial charge in [0.15, 0.2) is 0 Å². The Morgan fingerprint density at radius 1 is 1.11 bits per heavy atom. The summed E-state index contributed by atoms with van der Waals surface area (Å²) in [6.07, 6.45) is 0.776. The topological polar surface area (TPSA) is 27.0 Å². The monoisotopic (exact) mass is 262 g/mol. The van der Waals surface area contributed by atoms with E-state index < -0.39 is 0 Å². The largest absolute Gasteiger partial charge is 0.298 e. The molecule has 0 fully saturated rings. The molecule has 3 heteroatoms. The van der Waals surface area contributed by atoms with Gasteiger partial charge in [-0.2, -0.15) is 5.26 Å². The molecule has 0 N–H and O–H groups in total. The van der Waals surface area contributed by atoms with Gasteiger partial charge in [0.2, 0.25) is 0 Å². The molecule has 0 saturated carbocycles. The zero-order valence-electron chi connectivity index (χ0n) is 12.2. The third-order valence-corrected chi connectivity index (χ3v) is 3.43. The van der Waals surface area contributed by atoms with Gasteiger partial charge < -0.3 is 0 Å². The van der Waals surface area contributed by atoms with Gasteiger partial charge in [-0.3, -0.25) is 4.90 Å². The van der Waals surface area contributed by atoms with Crippen molar-refractivity contribution in [2.75, 3.05) is 6.54 Å². The van der Waals surface area contributed by atoms with Gasteiger partial charge in [0.05, 0.1) is 12.0 Å². The standard InChI is InChI=1S/C16H23FN2/c1-12(2)19(13(3)4)10-9-15(11-18)14-5-7-16(17)8-6-14/h5-8,12-13,15H,9-10H2,1-4H3/t15-/m0/s1. The summed E-state index contributed by atoms with van der Waals surface area (Å²) in [5.41, 5.74) is 0.899. The van der Waals surface area contributed by atoms with Gasteiger partial charge in [-0.15, -0.1) is 0 Å². The first kappa shape index (κ1) is 15.7. The minimum Gasteiger partial charge on any atom is -0.298 e. The Balaban J connectivity index is 2.68. The summed E-state index contributed by atoms with van der Waals surface area (Å²) in [4.78, 5) is 2.37. The van der Waals surface area contributed by atoms with Gasteiger partial charge >= 0.3 is 0 Å². The molecule has 0 aliphatic heterocycles. The molecule has 1 aromatic rings. The van der Waals surface area contributed by atoms with Crippen LogP contribution in [0, 0.1) is 17.1 Å². The number of benzene rings is 1. The van der Waals surface area contributed by atoms with E-state index in [1.807, 2.05) is 0 Å². The van der Waals surface area contributed by atoms with Crippen molar-refractivity contribution in [1.82, 2.24) is 4.90 Å². The Bertz CT molecular complexity index is 409. The van der Waals surface area contributed by atoms with Crippen LogP contribution in [-0.4, -0.2) is 23.5 Å². The summed E-state index contributed by atoms with van der Waals surface area (Å²) in [5.74, 6) is -0.424. The lowest BCUT2D eigenvalue weighted by Gasteiger charge is -2.31. The minimum absolute atomic E-state index is 0.166. The highest BCUT2D eigenvalue weighted by Crippen LogP contribution is 2.20. The Morgan fingerprint density at radius 2 is 1.63 bits per heavy atom. The van der Waals surface area contributed by atoms with Crippen LogP contribution in [0.2, 0.25) is 0 Å². The predicted molar refractivity (Wildman–Crippen MR) is 76.3 cm³/mol. The van der Waals surface area contributed by atoms with Crippen molar-refractivity contribution < 1.29 is 4.39 Å². The number of hydrogen-bond donors (Lipinski definition) is 0. The van der Waals surface area contributed by atoms with E-state index in [-0.39, 0.29) is 11.7 Å². The predicted octanol–water partition coefficient (Wildman–Crippen LogP) is 3.94. The fraction of sp³-hybridized carbons (Fsp3) is 0.562. The first-order chi connectivity index (χ1) is 8.95. The van der Waals surface area contributed by atoms with Crippen molar-refractivity contribution in [1.29, 1.82) is 5.26 Å². The average Bonchev–Trinajstić information content (AvgIpc) is 2.35. The normalized spacial score (nSPS) is 13.0. The van der Waals surface area contributed by atoms with Crippen LogP contribution >= 0.6 is 0 Å². The fourth-order valence-corrected chi connectivity index (χ4v) is 2.39. The molecular formula is C16H23FN2. The third-order valence-electron chi connectivity index (χ3n) is 3.43. The summed E-state index contributed by atoms with van der Waals surface area (Å²) in [6, 6.07) is 9.50. The highest BCUT2D eigenvalue weighted by Gasteiger charge is 2.17. The molecule has 0 aromatic heterocycles. The molecule has 19 heavy (non-hydrogen) atoms. The maximum atomic E-state index is 12.9. The van der Waals surface area contributed by atoms with Crippen LogP contribution < -0.4 is 0 Å². The Labute approximate surface area is 115 Å². The molecular weight excluding hydrogens is 239 g/mol. The molecule has 104 valence electrons. The van der Waals surface area contributed by atoms with Crippen LogP contribution in [0.25, 0.3) is 0 Å². The first-order valence-electron chi connectivity index (χ1n) is 6.86. The molecule has 0 saturated heterocycles. The van der Waals surface area contributed by atoms with E-state index in [4.69, 9.17) is 0 Å². The zero-order chi connectivity index (χ0) is 14.4. The Morgan fingerprint density at radius 3 is 2.05 bits per heavy atom. The highest BCUT2D eigenvalue weighted by molar-refractivity contribution is 5.25. The highest BCUT2D eigenvalue weighted by atomic mass is 19.1. The van der Waals surface area contributed by atoms with E-state index in [1.54, 1.807) is 12.1 Å². The van der Waals surface area contributed by atoms with Gasteiger partial charge in [0.25, 0.3) is 0 Å². The number of nitrogens with zero attached hydrogens (tertiary/aromatic N) is 2. The second-order valence-corrected chi connectivity index (χ2v) is 5.45. The van der Waals surface area contributed by atoms with Crippen molar-refractivity contribution in [3.05, 3.63) is 35.6 Å². The smallest absolute Gasteiger partial charge is 0.123 e. The van der Waals surface area contributed by atoms with E-state index >= 15 is 0 Å². The molecule has 0 radical (unpaired) electrons. The molecule has 0 heterocycles. The number of hydrogen-bond acceptors (Lipinski definition) is 2. The Kier molecular flexibility index (Phi) is 5.98. The van der Waals surface area contributed by atoms with Crippen molar-refractivity contribution >= 4 is 0 Å². The first-order valence-corrected chi connectivity index (χ1v) is 6.86. The maximum absolute atomic E-state index is 12.9. The van der Waals surface area contributed by atoms with Gasteiger partial charge in [0.1, 0.15) is 5.82 Å². The summed E-state index contributed by atoms with van der Waals surface area (Å²) in [5, 5.41) is 9.28. The number of halogens is 1. The van der Waals surface area contributed by atoms with Crippen molar-refractivity contribution in [3.8, 4) is 6.07 Å². The number of rotatable bonds is 6. The SMILES string of the molecule is CC(C)N(CC[C@@H](C#N)c1ccc(F)cc1)C(C)C. The van der Waals surface area contributed by atoms with Gasteiger partial charge in [-0.05, 0) is 51.8 Å². The molecule has 0 unspecified atom stereocenters. The molecule has 1 rings (SSSR count). The van der Waals surface area contributed by atoms with Crippen molar-refractivity contribution in [3.63, 3.8) is 0 Å². The fourth-order valence-electron chi connectivity index (χ4n) is 2.39. The van der Waals surface area contributed by atoms with E-state index in [9.17, 15) is 9.65 Å². The van der Waals surface area contributed by atoms with Gasteiger partial charge in [-0.25, -0.2) is 4.39 Å². The summed E-state index contributed by atoms with van der Waals surface area (Å²) < 4.78 is 12.9. The molecule has 2 nitrogen and oxygen atoms in total. The van der Waals surface area contributed by atoms with E-state index in [1.165, 1.54) is 12.1 Å². The summed E-state index contributed by atoms with van der Waals surface area (Å²) >= 11 is 0. The van der Waals surface area contributed by atoms with Crippen LogP contribution in [0.4, 0.5) is 4.39 Å². The van der Waals surface area contributed by atoms with E-state index in [2.05, 4.69) is 38.7 Å². The van der Waals surface area contributed by atoms with Crippen LogP contribution in [-0.2, 0) is 0 Å². The second kappa shape index (κ2) is 7.25. The van der Waals surface area contributed by atoms with Crippen LogP contribution in [0.1, 0.15) is 45.6 Å². The minimum atomic E-state index is -0.258. The maximum Gasteiger partial charge on any atom is 0.123 e. The number of nitriles is 1. The lowest BCUT2D eigenvalue weighted by Crippen LogP contribution is -2.38. The molecule has 0 aliphatic carbocycles. The molecule has 0 aliphatic rings. The third kappa shape index (κ3) is 4.65. The molecule has 0 spiro atoms. The quantitative estimate of drug-likeness (QED) is 0.776. The lowest BCUT2D eigenvalue weighted by molar-refractivity contribution is 0.171. The Hall–Kier alpha value is -1.40. The van der Waals surface area contributed by atoms with Crippen LogP contribution in [0.15, 0.2) is 24.3 Å². The summed E-state index contributed by atoms with van der Waals surface area (Å²) in [6.45, 7) is 9.54. The molecule has 0 amide bonds. The van der Waals surface area contributed by atoms with E-state index in [0.717, 1.165) is 18.5 Å². The second-order valence-electron chi connectivity index (χ2n) is 5.45. The van der Waals surface area contributed by atoms with Crippen molar-refractivity contribution in [2.24, 2.45) is 0 Å². The lowest BCUT2D eigenvalue weighted by atomic mass is 9.96. The summed E-state index contributed by atoms with van der Waals surface area (Å²) in [7, 11) is 0. The zero-order valence-corrected chi connectivity index (χ0v) is 12.2. The van der Waals surface area contributed by atoms with E-state index in [0.29, 0.717) is 12.1 Å². The van der Waals surface area contributed by atoms with Gasteiger partial charge in [0, 0.05) is 18.6 Å². The van der Waals surface area contributed by atoms with Crippen LogP contribution in [0.3, 0.4) is 0 Å². The van der Waals surface area contributed by atoms with Crippen LogP contribution in [0.5, 0.6) is 0 Å². The molecule has 1 aromatic carbocycles. The average molecular weight is 262 g/mol. The molecule has 1 atom stereocenters.